The zero-order valence-corrected chi connectivity index (χ0v) is 11.6. The summed E-state index contributed by atoms with van der Waals surface area (Å²) in [7, 11) is 0. The van der Waals surface area contributed by atoms with Crippen molar-refractivity contribution < 1.29 is 0 Å². The van der Waals surface area contributed by atoms with Gasteiger partial charge >= 0.3 is 0 Å². The smallest absolute Gasteiger partial charge is 0.0236 e. The summed E-state index contributed by atoms with van der Waals surface area (Å²) in [5.74, 6) is 2.01. The Kier molecular flexibility index (Phi) is 3.08. The average molecular weight is 256 g/mol. The molecule has 2 fully saturated rings. The van der Waals surface area contributed by atoms with Crippen LogP contribution in [0.5, 0.6) is 0 Å². The topological polar surface area (TPSA) is 24.1 Å². The molecule has 2 heteroatoms. The molecule has 0 aromatic heterocycles. The molecule has 1 aromatic carbocycles. The van der Waals surface area contributed by atoms with Crippen molar-refractivity contribution in [1.82, 2.24) is 10.6 Å². The lowest BCUT2D eigenvalue weighted by atomic mass is 9.95. The van der Waals surface area contributed by atoms with E-state index in [0.29, 0.717) is 6.04 Å². The Labute approximate surface area is 116 Å². The van der Waals surface area contributed by atoms with Crippen molar-refractivity contribution in [2.24, 2.45) is 11.8 Å². The number of hydrogen-bond acceptors (Lipinski definition) is 2. The van der Waals surface area contributed by atoms with E-state index >= 15 is 0 Å². The van der Waals surface area contributed by atoms with Gasteiger partial charge in [-0.15, -0.1) is 0 Å². The van der Waals surface area contributed by atoms with E-state index in [1.54, 1.807) is 5.56 Å². The summed E-state index contributed by atoms with van der Waals surface area (Å²) < 4.78 is 0. The van der Waals surface area contributed by atoms with E-state index in [9.17, 15) is 0 Å². The van der Waals surface area contributed by atoms with Gasteiger partial charge in [0.15, 0.2) is 0 Å². The normalized spacial score (nSPS) is 26.5. The third-order valence-electron chi connectivity index (χ3n) is 5.03. The monoisotopic (exact) mass is 256 g/mol. The number of fused-ring (bicyclic) bond motifs is 1. The molecule has 0 radical (unpaired) electrons. The van der Waals surface area contributed by atoms with Gasteiger partial charge in [-0.3, -0.25) is 0 Å². The highest BCUT2D eigenvalue weighted by Gasteiger charge is 2.41. The molecule has 4 rings (SSSR count). The van der Waals surface area contributed by atoms with Gasteiger partial charge in [0, 0.05) is 25.2 Å². The Morgan fingerprint density at radius 3 is 2.42 bits per heavy atom. The fourth-order valence-electron chi connectivity index (χ4n) is 3.57. The number of benzene rings is 1. The zero-order chi connectivity index (χ0) is 12.7. The Morgan fingerprint density at radius 1 is 1.05 bits per heavy atom. The van der Waals surface area contributed by atoms with Crippen molar-refractivity contribution in [1.29, 1.82) is 0 Å². The van der Waals surface area contributed by atoms with E-state index in [4.69, 9.17) is 0 Å². The molecule has 0 spiro atoms. The molecule has 1 atom stereocenters. The largest absolute Gasteiger partial charge is 0.312 e. The minimum atomic E-state index is 0.620. The van der Waals surface area contributed by atoms with Gasteiger partial charge < -0.3 is 10.6 Å². The summed E-state index contributed by atoms with van der Waals surface area (Å²) in [5.41, 5.74) is 3.03. The van der Waals surface area contributed by atoms with Crippen LogP contribution in [0.15, 0.2) is 24.3 Å². The van der Waals surface area contributed by atoms with Crippen molar-refractivity contribution in [3.05, 3.63) is 35.4 Å². The van der Waals surface area contributed by atoms with Gasteiger partial charge in [0.1, 0.15) is 0 Å². The molecule has 0 saturated heterocycles. The summed E-state index contributed by atoms with van der Waals surface area (Å²) in [6.07, 6.45) is 7.06. The van der Waals surface area contributed by atoms with Gasteiger partial charge in [-0.2, -0.15) is 0 Å². The van der Waals surface area contributed by atoms with Gasteiger partial charge in [-0.1, -0.05) is 24.3 Å². The minimum absolute atomic E-state index is 0.620. The summed E-state index contributed by atoms with van der Waals surface area (Å²) in [5, 5.41) is 7.57. The van der Waals surface area contributed by atoms with Crippen LogP contribution in [0.1, 0.15) is 36.8 Å². The lowest BCUT2D eigenvalue weighted by Gasteiger charge is -2.28. The molecule has 2 N–H and O–H groups in total. The highest BCUT2D eigenvalue weighted by atomic mass is 15.0. The first-order chi connectivity index (χ1) is 9.40. The van der Waals surface area contributed by atoms with E-state index < -0.39 is 0 Å². The average Bonchev–Trinajstić information content (AvgIpc) is 3.32. The van der Waals surface area contributed by atoms with Crippen LogP contribution in [-0.4, -0.2) is 18.6 Å². The van der Waals surface area contributed by atoms with Gasteiger partial charge in [0.2, 0.25) is 0 Å². The molecule has 1 heterocycles. The van der Waals surface area contributed by atoms with Crippen LogP contribution < -0.4 is 10.6 Å². The van der Waals surface area contributed by atoms with Crippen LogP contribution in [0.3, 0.4) is 0 Å². The van der Waals surface area contributed by atoms with Crippen molar-refractivity contribution in [3.8, 4) is 0 Å². The third kappa shape index (κ3) is 2.70. The lowest BCUT2D eigenvalue weighted by molar-refractivity contribution is 0.368. The molecule has 19 heavy (non-hydrogen) atoms. The van der Waals surface area contributed by atoms with Gasteiger partial charge in [0.25, 0.3) is 0 Å². The van der Waals surface area contributed by atoms with Gasteiger partial charge in [0.05, 0.1) is 0 Å². The maximum Gasteiger partial charge on any atom is 0.0236 e. The van der Waals surface area contributed by atoms with Crippen molar-refractivity contribution in [2.75, 3.05) is 6.54 Å². The fourth-order valence-corrected chi connectivity index (χ4v) is 3.57. The van der Waals surface area contributed by atoms with Gasteiger partial charge in [-0.05, 0) is 55.1 Å². The van der Waals surface area contributed by atoms with E-state index in [-0.39, 0.29) is 0 Å². The number of nitrogens with one attached hydrogen (secondary N) is 2. The van der Waals surface area contributed by atoms with Crippen LogP contribution in [0, 0.1) is 11.8 Å². The predicted octanol–water partition coefficient (Wildman–Crippen LogP) is 2.48. The van der Waals surface area contributed by atoms with Crippen LogP contribution >= 0.6 is 0 Å². The van der Waals surface area contributed by atoms with Gasteiger partial charge in [-0.25, -0.2) is 0 Å². The Bertz CT molecular complexity index is 436. The first-order valence-corrected chi connectivity index (χ1v) is 7.94. The van der Waals surface area contributed by atoms with E-state index in [2.05, 4.69) is 34.9 Å². The third-order valence-corrected chi connectivity index (χ3v) is 5.03. The molecule has 1 aliphatic heterocycles. The molecule has 2 nitrogen and oxygen atoms in total. The quantitative estimate of drug-likeness (QED) is 0.846. The first kappa shape index (κ1) is 11.9. The van der Waals surface area contributed by atoms with Crippen molar-refractivity contribution >= 4 is 0 Å². The highest BCUT2D eigenvalue weighted by molar-refractivity contribution is 5.30. The fraction of sp³-hybridized carbons (Fsp3) is 0.647. The molecule has 102 valence electrons. The number of hydrogen-bond donors (Lipinski definition) is 2. The van der Waals surface area contributed by atoms with Crippen LogP contribution in [-0.2, 0) is 13.0 Å². The minimum Gasteiger partial charge on any atom is -0.312 e. The van der Waals surface area contributed by atoms with E-state index in [1.165, 1.54) is 37.7 Å². The summed E-state index contributed by atoms with van der Waals surface area (Å²) >= 11 is 0. The number of rotatable bonds is 5. The summed E-state index contributed by atoms with van der Waals surface area (Å²) in [4.78, 5) is 0. The molecular formula is C17H24N2. The highest BCUT2D eigenvalue weighted by Crippen LogP contribution is 2.44. The molecule has 0 bridgehead atoms. The summed E-state index contributed by atoms with van der Waals surface area (Å²) in [6, 6.07) is 10.3. The standard InChI is InChI=1S/C17H24N2/c1-2-4-15-10-18-16(9-14(15)3-1)11-19-17(12-5-6-12)13-7-8-13/h1-4,12-13,16-19H,5-11H2. The maximum atomic E-state index is 3.88. The van der Waals surface area contributed by atoms with Crippen molar-refractivity contribution in [3.63, 3.8) is 0 Å². The molecule has 1 unspecified atom stereocenters. The molecule has 2 aliphatic carbocycles. The molecule has 3 aliphatic rings. The Hall–Kier alpha value is -0.860. The van der Waals surface area contributed by atoms with E-state index in [1.807, 2.05) is 0 Å². The molecule has 2 saturated carbocycles. The molecule has 1 aromatic rings. The summed E-state index contributed by atoms with van der Waals surface area (Å²) in [6.45, 7) is 2.19. The van der Waals surface area contributed by atoms with E-state index in [0.717, 1.165) is 31.0 Å². The first-order valence-electron chi connectivity index (χ1n) is 7.94. The molecule has 0 amide bonds. The Balaban J connectivity index is 1.34. The predicted molar refractivity (Wildman–Crippen MR) is 78.0 cm³/mol. The van der Waals surface area contributed by atoms with Crippen LogP contribution in [0.4, 0.5) is 0 Å². The second-order valence-corrected chi connectivity index (χ2v) is 6.66. The molecular weight excluding hydrogens is 232 g/mol. The maximum absolute atomic E-state index is 3.88. The zero-order valence-electron chi connectivity index (χ0n) is 11.6. The van der Waals surface area contributed by atoms with Crippen LogP contribution in [0.2, 0.25) is 0 Å². The lowest BCUT2D eigenvalue weighted by Crippen LogP contribution is -2.46. The second-order valence-electron chi connectivity index (χ2n) is 6.66. The second kappa shape index (κ2) is 4.92. The van der Waals surface area contributed by atoms with Crippen molar-refractivity contribution in [2.45, 2.75) is 50.7 Å². The van der Waals surface area contributed by atoms with Crippen LogP contribution in [0.25, 0.3) is 0 Å². The SMILES string of the molecule is c1ccc2c(c1)CNC(CNC(C1CC1)C1CC1)C2. The Morgan fingerprint density at radius 2 is 1.74 bits per heavy atom.